The summed E-state index contributed by atoms with van der Waals surface area (Å²) in [5, 5.41) is 1.17. The first-order valence-corrected chi connectivity index (χ1v) is 4.95. The Morgan fingerprint density at radius 1 is 1.10 bits per heavy atom. The van der Waals surface area contributed by atoms with Crippen LogP contribution in [0.25, 0.3) is 0 Å². The number of hydrogen-bond acceptors (Lipinski definition) is 0. The summed E-state index contributed by atoms with van der Waals surface area (Å²) in [6, 6.07) is 0. The van der Waals surface area contributed by atoms with Gasteiger partial charge in [-0.3, -0.25) is 0 Å². The lowest BCUT2D eigenvalue weighted by Crippen LogP contribution is -1.86. The third-order valence-electron chi connectivity index (χ3n) is 1.42. The lowest BCUT2D eigenvalue weighted by atomic mass is 10.1. The standard InChI is InChI=1S/C8H17Br.Mg.2H/c1-8(2)6-4-3-5-7-9;;;/h8H,3-7H2,1-2H3;;;. The number of unbranched alkanes of at least 4 members (excludes halogenated alkanes) is 2. The van der Waals surface area contributed by atoms with E-state index in [1.165, 1.54) is 31.0 Å². The van der Waals surface area contributed by atoms with Gasteiger partial charge in [0.2, 0.25) is 0 Å². The summed E-state index contributed by atoms with van der Waals surface area (Å²) >= 11 is 3.42. The number of rotatable bonds is 5. The van der Waals surface area contributed by atoms with Gasteiger partial charge in [-0.25, -0.2) is 0 Å². The minimum Gasteiger partial charge on any atom is -0.0928 e. The van der Waals surface area contributed by atoms with Gasteiger partial charge in [0.1, 0.15) is 0 Å². The van der Waals surface area contributed by atoms with Crippen molar-refractivity contribution in [2.24, 2.45) is 5.92 Å². The van der Waals surface area contributed by atoms with Crippen molar-refractivity contribution in [1.82, 2.24) is 0 Å². The van der Waals surface area contributed by atoms with Gasteiger partial charge in [0.25, 0.3) is 0 Å². The van der Waals surface area contributed by atoms with E-state index < -0.39 is 0 Å². The average Bonchev–Trinajstić information content (AvgIpc) is 1.80. The summed E-state index contributed by atoms with van der Waals surface area (Å²) in [6.45, 7) is 4.57. The highest BCUT2D eigenvalue weighted by atomic mass is 79.9. The molecule has 0 nitrogen and oxygen atoms in total. The van der Waals surface area contributed by atoms with Crippen molar-refractivity contribution in [3.05, 3.63) is 0 Å². The summed E-state index contributed by atoms with van der Waals surface area (Å²) in [7, 11) is 0. The van der Waals surface area contributed by atoms with Crippen molar-refractivity contribution < 1.29 is 0 Å². The molecule has 0 fully saturated rings. The third-order valence-corrected chi connectivity index (χ3v) is 1.98. The molecule has 60 valence electrons. The highest BCUT2D eigenvalue weighted by molar-refractivity contribution is 9.09. The Kier molecular flexibility index (Phi) is 14.2. The fourth-order valence-corrected chi connectivity index (χ4v) is 1.22. The predicted molar refractivity (Wildman–Crippen MR) is 55.6 cm³/mol. The largest absolute Gasteiger partial charge is 0.316 e. The van der Waals surface area contributed by atoms with Gasteiger partial charge in [-0.15, -0.1) is 0 Å². The predicted octanol–water partition coefficient (Wildman–Crippen LogP) is 2.68. The Balaban J connectivity index is 0. The summed E-state index contributed by atoms with van der Waals surface area (Å²) in [4.78, 5) is 0. The minimum absolute atomic E-state index is 0. The quantitative estimate of drug-likeness (QED) is 0.379. The van der Waals surface area contributed by atoms with Crippen molar-refractivity contribution in [3.63, 3.8) is 0 Å². The number of halogens is 1. The van der Waals surface area contributed by atoms with Gasteiger partial charge in [-0.2, -0.15) is 0 Å². The van der Waals surface area contributed by atoms with Gasteiger partial charge >= 0.3 is 23.1 Å². The number of alkyl halides is 1. The molecule has 0 atom stereocenters. The molecule has 0 unspecified atom stereocenters. The molecule has 0 radical (unpaired) electrons. The second-order valence-electron chi connectivity index (χ2n) is 2.93. The molecule has 0 bridgehead atoms. The fraction of sp³-hybridized carbons (Fsp3) is 1.00. The molecule has 0 aromatic rings. The van der Waals surface area contributed by atoms with Gasteiger partial charge < -0.3 is 0 Å². The van der Waals surface area contributed by atoms with Crippen LogP contribution in [0.3, 0.4) is 0 Å². The molecule has 0 rings (SSSR count). The van der Waals surface area contributed by atoms with Gasteiger partial charge in [-0.1, -0.05) is 49.0 Å². The Labute approximate surface area is 89.4 Å². The van der Waals surface area contributed by atoms with Crippen molar-refractivity contribution in [2.75, 3.05) is 5.33 Å². The highest BCUT2D eigenvalue weighted by Gasteiger charge is 1.92. The van der Waals surface area contributed by atoms with E-state index in [9.17, 15) is 0 Å². The lowest BCUT2D eigenvalue weighted by molar-refractivity contribution is 0.536. The summed E-state index contributed by atoms with van der Waals surface area (Å²) in [6.07, 6.45) is 5.53. The molecule has 0 spiro atoms. The fourth-order valence-electron chi connectivity index (χ4n) is 0.824. The highest BCUT2D eigenvalue weighted by Crippen LogP contribution is 2.08. The van der Waals surface area contributed by atoms with E-state index in [2.05, 4.69) is 29.8 Å². The van der Waals surface area contributed by atoms with Crippen LogP contribution in [0.1, 0.15) is 39.5 Å². The Hall–Kier alpha value is 1.25. The molecule has 0 saturated carbocycles. The zero-order chi connectivity index (χ0) is 7.11. The van der Waals surface area contributed by atoms with E-state index in [1.54, 1.807) is 0 Å². The van der Waals surface area contributed by atoms with E-state index in [4.69, 9.17) is 0 Å². The van der Waals surface area contributed by atoms with Crippen molar-refractivity contribution in [2.45, 2.75) is 39.5 Å². The van der Waals surface area contributed by atoms with Crippen LogP contribution in [0.2, 0.25) is 0 Å². The van der Waals surface area contributed by atoms with Crippen molar-refractivity contribution in [3.8, 4) is 0 Å². The first-order valence-electron chi connectivity index (χ1n) is 3.83. The molecule has 2 heteroatoms. The van der Waals surface area contributed by atoms with E-state index in [1.807, 2.05) is 0 Å². The van der Waals surface area contributed by atoms with Crippen LogP contribution < -0.4 is 0 Å². The molecule has 10 heavy (non-hydrogen) atoms. The van der Waals surface area contributed by atoms with Gasteiger partial charge in [-0.05, 0) is 12.3 Å². The average molecular weight is 219 g/mol. The molecule has 0 aliphatic carbocycles. The third kappa shape index (κ3) is 12.0. The monoisotopic (exact) mass is 218 g/mol. The van der Waals surface area contributed by atoms with Crippen LogP contribution in [0, 0.1) is 5.92 Å². The maximum absolute atomic E-state index is 3.42. The SMILES string of the molecule is CC(C)CCCCCBr.[MgH2]. The van der Waals surface area contributed by atoms with Crippen LogP contribution in [-0.2, 0) is 0 Å². The van der Waals surface area contributed by atoms with Gasteiger partial charge in [0, 0.05) is 5.33 Å². The summed E-state index contributed by atoms with van der Waals surface area (Å²) in [5.74, 6) is 0.889. The molecule has 0 heterocycles. The molecule has 0 saturated heterocycles. The van der Waals surface area contributed by atoms with Crippen LogP contribution in [0.5, 0.6) is 0 Å². The minimum atomic E-state index is 0. The molecule has 0 aliphatic heterocycles. The second-order valence-corrected chi connectivity index (χ2v) is 3.73. The first-order chi connectivity index (χ1) is 4.27. The van der Waals surface area contributed by atoms with Crippen molar-refractivity contribution in [1.29, 1.82) is 0 Å². The summed E-state index contributed by atoms with van der Waals surface area (Å²) < 4.78 is 0. The Morgan fingerprint density at radius 3 is 2.10 bits per heavy atom. The Bertz CT molecular complexity index is 55.2. The van der Waals surface area contributed by atoms with Crippen LogP contribution in [-0.4, -0.2) is 28.4 Å². The second kappa shape index (κ2) is 10.2. The maximum Gasteiger partial charge on any atom is 0.316 e. The zero-order valence-electron chi connectivity index (χ0n) is 6.49. The molecule has 0 aromatic carbocycles. The molecule has 0 aromatic heterocycles. The Morgan fingerprint density at radius 2 is 1.70 bits per heavy atom. The smallest absolute Gasteiger partial charge is 0.0928 e. The molecular formula is C8H19BrMg. The molecule has 0 N–H and O–H groups in total. The van der Waals surface area contributed by atoms with E-state index >= 15 is 0 Å². The van der Waals surface area contributed by atoms with E-state index in [0.717, 1.165) is 5.92 Å². The van der Waals surface area contributed by atoms with Gasteiger partial charge in [0.15, 0.2) is 0 Å². The van der Waals surface area contributed by atoms with Gasteiger partial charge in [0.05, 0.1) is 0 Å². The lowest BCUT2D eigenvalue weighted by Gasteiger charge is -2.01. The molecule has 0 amide bonds. The zero-order valence-corrected chi connectivity index (χ0v) is 8.08. The summed E-state index contributed by atoms with van der Waals surface area (Å²) in [5.41, 5.74) is 0. The molecular weight excluding hydrogens is 200 g/mol. The van der Waals surface area contributed by atoms with Crippen LogP contribution in [0.4, 0.5) is 0 Å². The van der Waals surface area contributed by atoms with E-state index in [-0.39, 0.29) is 23.1 Å². The normalized spacial score (nSPS) is 9.60. The molecule has 0 aliphatic rings. The van der Waals surface area contributed by atoms with E-state index in [0.29, 0.717) is 0 Å². The first kappa shape index (κ1) is 13.8. The maximum atomic E-state index is 3.42. The topological polar surface area (TPSA) is 0 Å². The van der Waals surface area contributed by atoms with Crippen molar-refractivity contribution >= 4 is 39.0 Å². The number of hydrogen-bond donors (Lipinski definition) is 0. The van der Waals surface area contributed by atoms with Crippen LogP contribution in [0.15, 0.2) is 0 Å². The van der Waals surface area contributed by atoms with Crippen LogP contribution >= 0.6 is 15.9 Å².